The van der Waals surface area contributed by atoms with E-state index in [-0.39, 0.29) is 17.2 Å². The summed E-state index contributed by atoms with van der Waals surface area (Å²) in [7, 11) is 0. The Kier molecular flexibility index (Phi) is 8.77. The lowest BCUT2D eigenvalue weighted by Crippen LogP contribution is -2.36. The first-order chi connectivity index (χ1) is 22.7. The Morgan fingerprint density at radius 2 is 1.70 bits per heavy atom. The van der Waals surface area contributed by atoms with Crippen molar-refractivity contribution in [3.63, 3.8) is 0 Å². The van der Waals surface area contributed by atoms with Gasteiger partial charge in [-0.05, 0) is 48.2 Å². The van der Waals surface area contributed by atoms with Crippen molar-refractivity contribution in [2.45, 2.75) is 46.6 Å². The van der Waals surface area contributed by atoms with Gasteiger partial charge in [-0.2, -0.15) is 0 Å². The molecular formula is C32H28N8O7. The van der Waals surface area contributed by atoms with E-state index in [0.717, 1.165) is 32.7 Å². The molecule has 3 heterocycles. The molecule has 0 bridgehead atoms. The molecule has 0 saturated carbocycles. The Morgan fingerprint density at radius 1 is 0.957 bits per heavy atom. The molecule has 0 unspecified atom stereocenters. The monoisotopic (exact) mass is 636 g/mol. The Bertz CT molecular complexity index is 1960. The predicted octanol–water partition coefficient (Wildman–Crippen LogP) is 4.77. The molecule has 6 rings (SSSR count). The first-order valence-corrected chi connectivity index (χ1v) is 14.6. The van der Waals surface area contributed by atoms with E-state index in [2.05, 4.69) is 30.2 Å². The van der Waals surface area contributed by atoms with Crippen LogP contribution in [0.25, 0.3) is 22.5 Å². The van der Waals surface area contributed by atoms with Gasteiger partial charge in [0.05, 0.1) is 6.54 Å². The summed E-state index contributed by atoms with van der Waals surface area (Å²) in [6, 6.07) is 21.6. The predicted molar refractivity (Wildman–Crippen MR) is 165 cm³/mol. The van der Waals surface area contributed by atoms with Crippen molar-refractivity contribution in [1.29, 1.82) is 0 Å². The van der Waals surface area contributed by atoms with Crippen LogP contribution in [0.3, 0.4) is 0 Å². The third-order valence-electron chi connectivity index (χ3n) is 7.47. The minimum Gasteiger partial charge on any atom is -0.409 e. The minimum atomic E-state index is -1.06. The third kappa shape index (κ3) is 7.03. The summed E-state index contributed by atoms with van der Waals surface area (Å²) >= 11 is 0. The highest BCUT2D eigenvalue weighted by Crippen LogP contribution is 2.32. The lowest BCUT2D eigenvalue weighted by molar-refractivity contribution is -0.763. The van der Waals surface area contributed by atoms with Crippen LogP contribution in [0.2, 0.25) is 0 Å². The molecule has 47 heavy (non-hydrogen) atoms. The third-order valence-corrected chi connectivity index (χ3v) is 7.47. The summed E-state index contributed by atoms with van der Waals surface area (Å²) in [5, 5.41) is 22.1. The maximum atomic E-state index is 12.9. The van der Waals surface area contributed by atoms with Crippen LogP contribution in [0, 0.1) is 24.0 Å². The molecule has 15 heteroatoms. The number of amides is 1. The second-order valence-electron chi connectivity index (χ2n) is 10.6. The molecular weight excluding hydrogens is 608 g/mol. The van der Waals surface area contributed by atoms with E-state index in [1.165, 1.54) is 12.1 Å². The number of tetrazole rings is 1. The molecule has 238 valence electrons. The molecule has 0 N–H and O–H groups in total. The highest BCUT2D eigenvalue weighted by Gasteiger charge is 2.28. The molecule has 1 amide bonds. The lowest BCUT2D eigenvalue weighted by Gasteiger charge is -2.29. The van der Waals surface area contributed by atoms with Gasteiger partial charge < -0.3 is 14.3 Å². The average Bonchev–Trinajstić information content (AvgIpc) is 3.54. The van der Waals surface area contributed by atoms with Crippen molar-refractivity contribution in [1.82, 2.24) is 30.2 Å². The Hall–Kier alpha value is -6.25. The van der Waals surface area contributed by atoms with Crippen LogP contribution < -0.4 is 9.64 Å². The number of hydrogen-bond acceptors (Lipinski definition) is 12. The van der Waals surface area contributed by atoms with E-state index in [1.54, 1.807) is 17.0 Å². The fourth-order valence-corrected chi connectivity index (χ4v) is 5.26. The number of fused-ring (bicyclic) bond motifs is 1. The summed E-state index contributed by atoms with van der Waals surface area (Å²) in [5.41, 5.74) is 5.60. The number of para-hydroxylation sites is 1. The van der Waals surface area contributed by atoms with Gasteiger partial charge in [0.1, 0.15) is 24.0 Å². The first kappa shape index (κ1) is 30.8. The van der Waals surface area contributed by atoms with E-state index < -0.39 is 24.6 Å². The van der Waals surface area contributed by atoms with Gasteiger partial charge in [0.2, 0.25) is 18.5 Å². The van der Waals surface area contributed by atoms with Gasteiger partial charge in [-0.15, -0.1) is 25.1 Å². The number of aryl methyl sites for hydroxylation is 2. The van der Waals surface area contributed by atoms with Gasteiger partial charge in [-0.1, -0.05) is 66.7 Å². The summed E-state index contributed by atoms with van der Waals surface area (Å²) in [4.78, 5) is 52.0. The zero-order valence-corrected chi connectivity index (χ0v) is 25.4. The number of rotatable bonds is 10. The largest absolute Gasteiger partial charge is 0.515 e. The number of ether oxygens (including phenoxy) is 2. The number of anilines is 1. The molecule has 5 aromatic rings. The Morgan fingerprint density at radius 3 is 2.49 bits per heavy atom. The number of hydrogen-bond donors (Lipinski definition) is 0. The lowest BCUT2D eigenvalue weighted by atomic mass is 9.98. The van der Waals surface area contributed by atoms with E-state index >= 15 is 0 Å². The molecule has 1 aliphatic heterocycles. The first-order valence-electron chi connectivity index (χ1n) is 14.6. The van der Waals surface area contributed by atoms with E-state index in [4.69, 9.17) is 9.47 Å². The van der Waals surface area contributed by atoms with Crippen molar-refractivity contribution < 1.29 is 29.0 Å². The zero-order valence-electron chi connectivity index (χ0n) is 25.4. The van der Waals surface area contributed by atoms with Crippen LogP contribution in [-0.4, -0.2) is 47.3 Å². The standard InChI is InChI=1S/C32H28N8O7/c1-20-25-15-16-29(41)38(31(25)34-21(2)33-20)17-22-11-13-23(14-12-22)26-8-4-5-9-27(26)30-35-37-39(36-30)19-45-32(42)47-28-10-6-3-7-24(28)18-46-40(43)44/h3-14H,15-19H2,1-2H3. The van der Waals surface area contributed by atoms with Crippen LogP contribution >= 0.6 is 0 Å². The van der Waals surface area contributed by atoms with Crippen LogP contribution in [-0.2, 0) is 40.7 Å². The van der Waals surface area contributed by atoms with Gasteiger partial charge in [0.15, 0.2) is 0 Å². The van der Waals surface area contributed by atoms with Gasteiger partial charge in [-0.25, -0.2) is 14.8 Å². The average molecular weight is 637 g/mol. The molecule has 15 nitrogen and oxygen atoms in total. The molecule has 0 radical (unpaired) electrons. The number of benzene rings is 3. The molecule has 3 aromatic carbocycles. The van der Waals surface area contributed by atoms with Crippen molar-refractivity contribution in [3.05, 3.63) is 111 Å². The molecule has 0 spiro atoms. The smallest absolute Gasteiger partial charge is 0.409 e. The second-order valence-corrected chi connectivity index (χ2v) is 10.6. The van der Waals surface area contributed by atoms with Crippen LogP contribution in [0.1, 0.15) is 34.6 Å². The van der Waals surface area contributed by atoms with Crippen LogP contribution in [0.5, 0.6) is 5.75 Å². The number of carbonyl (C=O) groups is 2. The molecule has 2 aromatic heterocycles. The van der Waals surface area contributed by atoms with Gasteiger partial charge in [-0.3, -0.25) is 9.69 Å². The van der Waals surface area contributed by atoms with Gasteiger partial charge >= 0.3 is 6.16 Å². The van der Waals surface area contributed by atoms with Gasteiger partial charge in [0.25, 0.3) is 5.09 Å². The van der Waals surface area contributed by atoms with Crippen LogP contribution in [0.15, 0.2) is 72.8 Å². The number of aromatic nitrogens is 6. The summed E-state index contributed by atoms with van der Waals surface area (Å²) in [6.07, 6.45) is -0.00840. The summed E-state index contributed by atoms with van der Waals surface area (Å²) in [6.45, 7) is 3.38. The fourth-order valence-electron chi connectivity index (χ4n) is 5.26. The highest BCUT2D eigenvalue weighted by molar-refractivity contribution is 5.95. The van der Waals surface area contributed by atoms with E-state index in [1.807, 2.05) is 62.4 Å². The maximum absolute atomic E-state index is 12.9. The fraction of sp³-hybridized carbons (Fsp3) is 0.219. The van der Waals surface area contributed by atoms with E-state index in [0.29, 0.717) is 42.4 Å². The molecule has 0 aliphatic carbocycles. The highest BCUT2D eigenvalue weighted by atomic mass is 16.9. The SMILES string of the molecule is Cc1nc(C)c2c(n1)N(Cc1ccc(-c3ccccc3-c3nnn(COC(=O)Oc4ccccc4CO[N+](=O)[O-])n3)cc1)C(=O)CC2. The Balaban J connectivity index is 1.13. The van der Waals surface area contributed by atoms with Crippen molar-refractivity contribution in [3.8, 4) is 28.3 Å². The van der Waals surface area contributed by atoms with Gasteiger partial charge in [0, 0.05) is 28.8 Å². The molecule has 1 aliphatic rings. The zero-order chi connectivity index (χ0) is 32.9. The number of carbonyl (C=O) groups excluding carboxylic acids is 2. The molecule has 0 atom stereocenters. The van der Waals surface area contributed by atoms with Crippen molar-refractivity contribution >= 4 is 17.9 Å². The van der Waals surface area contributed by atoms with Crippen LogP contribution in [0.4, 0.5) is 10.6 Å². The quantitative estimate of drug-likeness (QED) is 0.0888. The van der Waals surface area contributed by atoms with E-state index in [9.17, 15) is 19.7 Å². The summed E-state index contributed by atoms with van der Waals surface area (Å²) < 4.78 is 10.3. The molecule has 0 fully saturated rings. The summed E-state index contributed by atoms with van der Waals surface area (Å²) in [5.74, 6) is 1.71. The van der Waals surface area contributed by atoms with Crippen molar-refractivity contribution in [2.24, 2.45) is 0 Å². The Labute approximate surface area is 267 Å². The van der Waals surface area contributed by atoms with Crippen molar-refractivity contribution in [2.75, 3.05) is 4.90 Å². The number of nitrogens with zero attached hydrogens (tertiary/aromatic N) is 8. The molecule has 0 saturated heterocycles. The topological polar surface area (TPSA) is 178 Å². The normalized spacial score (nSPS) is 12.4. The minimum absolute atomic E-state index is 0.0305. The maximum Gasteiger partial charge on any atom is 0.515 e. The second kappa shape index (κ2) is 13.4.